The van der Waals surface area contributed by atoms with E-state index in [1.54, 1.807) is 6.07 Å². The second kappa shape index (κ2) is 7.47. The van der Waals surface area contributed by atoms with E-state index in [2.05, 4.69) is 5.32 Å². The lowest BCUT2D eigenvalue weighted by atomic mass is 10.1. The van der Waals surface area contributed by atoms with Gasteiger partial charge in [-0.3, -0.25) is 4.79 Å². The molecule has 2 aromatic rings. The fourth-order valence-corrected chi connectivity index (χ4v) is 2.65. The van der Waals surface area contributed by atoms with E-state index in [1.807, 2.05) is 63.2 Å². The highest BCUT2D eigenvalue weighted by Gasteiger charge is 2.28. The number of nitrogens with one attached hydrogen (secondary N) is 1. The van der Waals surface area contributed by atoms with Crippen LogP contribution in [0.5, 0.6) is 17.2 Å². The molecule has 0 bridgehead atoms. The first-order chi connectivity index (χ1) is 12.0. The van der Waals surface area contributed by atoms with Gasteiger partial charge in [-0.05, 0) is 50.6 Å². The second-order valence-corrected chi connectivity index (χ2v) is 6.33. The Morgan fingerprint density at radius 3 is 2.44 bits per heavy atom. The summed E-state index contributed by atoms with van der Waals surface area (Å²) in [7, 11) is 0. The maximum atomic E-state index is 12.5. The highest BCUT2D eigenvalue weighted by molar-refractivity contribution is 5.82. The normalized spacial score (nSPS) is 17.0. The van der Waals surface area contributed by atoms with Crippen LogP contribution >= 0.6 is 0 Å². The molecule has 0 aliphatic carbocycles. The van der Waals surface area contributed by atoms with Crippen LogP contribution in [0.2, 0.25) is 0 Å². The van der Waals surface area contributed by atoms with Crippen LogP contribution in [0.15, 0.2) is 48.5 Å². The predicted octanol–water partition coefficient (Wildman–Crippen LogP) is 3.49. The van der Waals surface area contributed by atoms with E-state index >= 15 is 0 Å². The molecule has 1 aliphatic rings. The molecule has 5 heteroatoms. The van der Waals surface area contributed by atoms with Gasteiger partial charge < -0.3 is 19.5 Å². The summed E-state index contributed by atoms with van der Waals surface area (Å²) >= 11 is 0. The predicted molar refractivity (Wildman–Crippen MR) is 95.1 cm³/mol. The molecule has 1 heterocycles. The Morgan fingerprint density at radius 2 is 1.76 bits per heavy atom. The van der Waals surface area contributed by atoms with E-state index in [1.165, 1.54) is 0 Å². The SMILES string of the molecule is CC(C)Oc1ccc(C(C)NC(=O)C2COc3ccccc3O2)cc1. The van der Waals surface area contributed by atoms with E-state index in [4.69, 9.17) is 14.2 Å². The Labute approximate surface area is 147 Å². The molecular formula is C20H23NO4. The molecule has 2 atom stereocenters. The van der Waals surface area contributed by atoms with Crippen LogP contribution in [0.1, 0.15) is 32.4 Å². The Balaban J connectivity index is 1.59. The highest BCUT2D eigenvalue weighted by atomic mass is 16.6. The summed E-state index contributed by atoms with van der Waals surface area (Å²) in [5.41, 5.74) is 1.00. The third-order valence-corrected chi connectivity index (χ3v) is 3.91. The molecule has 0 fully saturated rings. The summed E-state index contributed by atoms with van der Waals surface area (Å²) in [5.74, 6) is 1.89. The standard InChI is InChI=1S/C20H23NO4/c1-13(2)24-16-10-8-15(9-11-16)14(3)21-20(22)19-12-23-17-6-4-5-7-18(17)25-19/h4-11,13-14,19H,12H2,1-3H3,(H,21,22). The first-order valence-electron chi connectivity index (χ1n) is 8.48. The third-order valence-electron chi connectivity index (χ3n) is 3.91. The van der Waals surface area contributed by atoms with Gasteiger partial charge in [-0.25, -0.2) is 0 Å². The third kappa shape index (κ3) is 4.24. The Kier molecular flexibility index (Phi) is 5.12. The van der Waals surface area contributed by atoms with Gasteiger partial charge in [-0.2, -0.15) is 0 Å². The fourth-order valence-electron chi connectivity index (χ4n) is 2.65. The lowest BCUT2D eigenvalue weighted by Crippen LogP contribution is -2.44. The van der Waals surface area contributed by atoms with Crippen molar-refractivity contribution in [1.29, 1.82) is 0 Å². The molecule has 1 aliphatic heterocycles. The average Bonchev–Trinajstić information content (AvgIpc) is 2.61. The quantitative estimate of drug-likeness (QED) is 0.904. The summed E-state index contributed by atoms with van der Waals surface area (Å²) in [6.45, 7) is 6.12. The van der Waals surface area contributed by atoms with Crippen molar-refractivity contribution in [3.05, 3.63) is 54.1 Å². The van der Waals surface area contributed by atoms with Crippen molar-refractivity contribution < 1.29 is 19.0 Å². The van der Waals surface area contributed by atoms with Crippen LogP contribution in [0.4, 0.5) is 0 Å². The van der Waals surface area contributed by atoms with Gasteiger partial charge in [0.2, 0.25) is 6.10 Å². The Bertz CT molecular complexity index is 727. The molecule has 0 saturated carbocycles. The number of benzene rings is 2. The van der Waals surface area contributed by atoms with Crippen molar-refractivity contribution in [2.24, 2.45) is 0 Å². The first-order valence-corrected chi connectivity index (χ1v) is 8.48. The summed E-state index contributed by atoms with van der Waals surface area (Å²) in [6.07, 6.45) is -0.518. The van der Waals surface area contributed by atoms with Crippen LogP contribution < -0.4 is 19.5 Å². The zero-order valence-corrected chi connectivity index (χ0v) is 14.7. The summed E-state index contributed by atoms with van der Waals surface area (Å²) < 4.78 is 17.0. The van der Waals surface area contributed by atoms with Gasteiger partial charge >= 0.3 is 0 Å². The van der Waals surface area contributed by atoms with Crippen molar-refractivity contribution >= 4 is 5.91 Å². The molecule has 1 amide bonds. The van der Waals surface area contributed by atoms with Gasteiger partial charge in [-0.1, -0.05) is 24.3 Å². The molecule has 25 heavy (non-hydrogen) atoms. The number of hydrogen-bond donors (Lipinski definition) is 1. The van der Waals surface area contributed by atoms with Gasteiger partial charge in [0.05, 0.1) is 12.1 Å². The molecule has 0 aromatic heterocycles. The van der Waals surface area contributed by atoms with Crippen LogP contribution in [0, 0.1) is 0 Å². The van der Waals surface area contributed by atoms with Crippen LogP contribution in [0.3, 0.4) is 0 Å². The zero-order valence-electron chi connectivity index (χ0n) is 14.7. The average molecular weight is 341 g/mol. The molecule has 0 radical (unpaired) electrons. The number of carbonyl (C=O) groups is 1. The van der Waals surface area contributed by atoms with E-state index in [0.717, 1.165) is 11.3 Å². The molecule has 0 spiro atoms. The van der Waals surface area contributed by atoms with Gasteiger partial charge in [0, 0.05) is 0 Å². The van der Waals surface area contributed by atoms with E-state index in [9.17, 15) is 4.79 Å². The van der Waals surface area contributed by atoms with Crippen molar-refractivity contribution in [2.75, 3.05) is 6.61 Å². The second-order valence-electron chi connectivity index (χ2n) is 6.33. The highest BCUT2D eigenvalue weighted by Crippen LogP contribution is 2.31. The van der Waals surface area contributed by atoms with E-state index in [0.29, 0.717) is 11.5 Å². The van der Waals surface area contributed by atoms with Crippen LogP contribution in [-0.2, 0) is 4.79 Å². The molecule has 0 saturated heterocycles. The summed E-state index contributed by atoms with van der Waals surface area (Å²) in [5, 5.41) is 2.97. The van der Waals surface area contributed by atoms with Crippen LogP contribution in [-0.4, -0.2) is 24.7 Å². The van der Waals surface area contributed by atoms with Crippen molar-refractivity contribution in [1.82, 2.24) is 5.32 Å². The topological polar surface area (TPSA) is 56.8 Å². The minimum absolute atomic E-state index is 0.134. The minimum atomic E-state index is -0.652. The number of hydrogen-bond acceptors (Lipinski definition) is 4. The van der Waals surface area contributed by atoms with Crippen molar-refractivity contribution in [2.45, 2.75) is 39.0 Å². The van der Waals surface area contributed by atoms with Crippen molar-refractivity contribution in [3.63, 3.8) is 0 Å². The van der Waals surface area contributed by atoms with Crippen molar-refractivity contribution in [3.8, 4) is 17.2 Å². The number of carbonyl (C=O) groups excluding carboxylic acids is 1. The summed E-state index contributed by atoms with van der Waals surface area (Å²) in [6, 6.07) is 14.9. The van der Waals surface area contributed by atoms with E-state index in [-0.39, 0.29) is 24.7 Å². The van der Waals surface area contributed by atoms with Gasteiger partial charge in [-0.15, -0.1) is 0 Å². The van der Waals surface area contributed by atoms with E-state index < -0.39 is 6.10 Å². The lowest BCUT2D eigenvalue weighted by molar-refractivity contribution is -0.131. The molecule has 132 valence electrons. The lowest BCUT2D eigenvalue weighted by Gasteiger charge is -2.26. The molecule has 2 unspecified atom stereocenters. The molecular weight excluding hydrogens is 318 g/mol. The zero-order chi connectivity index (χ0) is 17.8. The summed E-state index contributed by atoms with van der Waals surface area (Å²) in [4.78, 5) is 12.5. The Morgan fingerprint density at radius 1 is 1.08 bits per heavy atom. The van der Waals surface area contributed by atoms with Crippen LogP contribution in [0.25, 0.3) is 0 Å². The molecule has 1 N–H and O–H groups in total. The number of rotatable bonds is 5. The first kappa shape index (κ1) is 17.1. The minimum Gasteiger partial charge on any atom is -0.491 e. The number of para-hydroxylation sites is 2. The fraction of sp³-hybridized carbons (Fsp3) is 0.350. The Hall–Kier alpha value is -2.69. The van der Waals surface area contributed by atoms with Gasteiger partial charge in [0.15, 0.2) is 11.5 Å². The maximum absolute atomic E-state index is 12.5. The molecule has 5 nitrogen and oxygen atoms in total. The van der Waals surface area contributed by atoms with Gasteiger partial charge in [0.25, 0.3) is 5.91 Å². The maximum Gasteiger partial charge on any atom is 0.265 e. The molecule has 2 aromatic carbocycles. The number of amides is 1. The van der Waals surface area contributed by atoms with Gasteiger partial charge in [0.1, 0.15) is 12.4 Å². The smallest absolute Gasteiger partial charge is 0.265 e. The number of ether oxygens (including phenoxy) is 3. The largest absolute Gasteiger partial charge is 0.491 e. The monoisotopic (exact) mass is 341 g/mol. The molecule has 3 rings (SSSR count). The number of fused-ring (bicyclic) bond motifs is 1.